The molecule has 2 amide bonds. The minimum atomic E-state index is -1.60. The summed E-state index contributed by atoms with van der Waals surface area (Å²) >= 11 is 0. The maximum atomic E-state index is 14.9. The first-order valence-electron chi connectivity index (χ1n) is 13.8. The Morgan fingerprint density at radius 3 is 2.68 bits per heavy atom. The van der Waals surface area contributed by atoms with Crippen molar-refractivity contribution in [1.29, 1.82) is 0 Å². The molecular weight excluding hydrogens is 483 g/mol. The lowest BCUT2D eigenvalue weighted by Crippen LogP contribution is -2.54. The number of rotatable bonds is 12. The quantitative estimate of drug-likeness (QED) is 0.338. The number of hydrogen-bond donors (Lipinski definition) is 3. The second-order valence-corrected chi connectivity index (χ2v) is 10.8. The third-order valence-corrected chi connectivity index (χ3v) is 8.13. The molecule has 1 saturated carbocycles. The Balaban J connectivity index is 1.70. The molecule has 6 nitrogen and oxygen atoms in total. The molecule has 0 radical (unpaired) electrons. The second-order valence-electron chi connectivity index (χ2n) is 10.8. The van der Waals surface area contributed by atoms with Crippen LogP contribution in [0.15, 0.2) is 18.2 Å². The number of likely N-dealkylation sites (N-methyl/N-ethyl adjacent to an activating group) is 1. The molecule has 1 aromatic carbocycles. The van der Waals surface area contributed by atoms with Crippen molar-refractivity contribution in [2.75, 3.05) is 40.4 Å². The molecule has 9 heteroatoms. The largest absolute Gasteiger partial charge is 0.385 e. The lowest BCUT2D eigenvalue weighted by atomic mass is 9.74. The molecule has 1 heterocycles. The number of benzene rings is 1. The van der Waals surface area contributed by atoms with Gasteiger partial charge in [0, 0.05) is 50.9 Å². The van der Waals surface area contributed by atoms with E-state index < -0.39 is 29.3 Å². The highest BCUT2D eigenvalue weighted by Gasteiger charge is 2.43. The van der Waals surface area contributed by atoms with Crippen LogP contribution in [-0.2, 0) is 10.3 Å². The number of carbonyl (C=O) groups is 1. The van der Waals surface area contributed by atoms with E-state index in [1.165, 1.54) is 12.1 Å². The van der Waals surface area contributed by atoms with Crippen LogP contribution in [0.25, 0.3) is 0 Å². The highest BCUT2D eigenvalue weighted by Crippen LogP contribution is 2.41. The van der Waals surface area contributed by atoms with Crippen LogP contribution < -0.4 is 10.6 Å². The number of amides is 2. The molecule has 210 valence electrons. The SMILES string of the molecule is CNC[C@H](CC1CCC(F)CC1)NC(=O)N1CCC[C@@H]([C@@](O)(CCCCOC)c2cccc(F)c2F)C1. The van der Waals surface area contributed by atoms with Crippen molar-refractivity contribution in [2.45, 2.75) is 82.0 Å². The summed E-state index contributed by atoms with van der Waals surface area (Å²) in [6.07, 6.45) is 5.67. The second kappa shape index (κ2) is 14.4. The van der Waals surface area contributed by atoms with Gasteiger partial charge in [0.15, 0.2) is 11.6 Å². The van der Waals surface area contributed by atoms with Crippen molar-refractivity contribution in [1.82, 2.24) is 15.5 Å². The number of piperidine rings is 1. The van der Waals surface area contributed by atoms with Gasteiger partial charge in [0.25, 0.3) is 0 Å². The number of urea groups is 1. The molecule has 1 aliphatic heterocycles. The fourth-order valence-electron chi connectivity index (χ4n) is 6.05. The minimum absolute atomic E-state index is 0.0475. The van der Waals surface area contributed by atoms with E-state index in [1.807, 2.05) is 7.05 Å². The van der Waals surface area contributed by atoms with Gasteiger partial charge in [0.05, 0.1) is 5.60 Å². The Morgan fingerprint density at radius 1 is 1.22 bits per heavy atom. The van der Waals surface area contributed by atoms with Crippen LogP contribution in [0.4, 0.5) is 18.0 Å². The van der Waals surface area contributed by atoms with Crippen molar-refractivity contribution in [3.63, 3.8) is 0 Å². The monoisotopic (exact) mass is 527 g/mol. The third-order valence-electron chi connectivity index (χ3n) is 8.13. The van der Waals surface area contributed by atoms with Gasteiger partial charge in [-0.25, -0.2) is 18.0 Å². The summed E-state index contributed by atoms with van der Waals surface area (Å²) in [5, 5.41) is 18.1. The molecular formula is C28H44F3N3O3. The van der Waals surface area contributed by atoms with Gasteiger partial charge < -0.3 is 25.4 Å². The van der Waals surface area contributed by atoms with Crippen molar-refractivity contribution in [3.05, 3.63) is 35.4 Å². The number of nitrogens with zero attached hydrogens (tertiary/aromatic N) is 1. The Kier molecular flexibility index (Phi) is 11.5. The van der Waals surface area contributed by atoms with Crippen LogP contribution in [0.1, 0.15) is 69.8 Å². The van der Waals surface area contributed by atoms with E-state index in [1.54, 1.807) is 12.0 Å². The molecule has 2 aliphatic rings. The van der Waals surface area contributed by atoms with Gasteiger partial charge in [0.2, 0.25) is 0 Å². The number of alkyl halides is 1. The Hall–Kier alpha value is -1.84. The van der Waals surface area contributed by atoms with Gasteiger partial charge >= 0.3 is 6.03 Å². The molecule has 2 fully saturated rings. The van der Waals surface area contributed by atoms with Gasteiger partial charge in [0.1, 0.15) is 6.17 Å². The highest BCUT2D eigenvalue weighted by molar-refractivity contribution is 5.74. The maximum absolute atomic E-state index is 14.9. The van der Waals surface area contributed by atoms with Crippen molar-refractivity contribution >= 4 is 6.03 Å². The minimum Gasteiger partial charge on any atom is -0.385 e. The molecule has 37 heavy (non-hydrogen) atoms. The zero-order valence-electron chi connectivity index (χ0n) is 22.3. The molecule has 0 unspecified atom stereocenters. The Labute approximate surface area is 219 Å². The lowest BCUT2D eigenvalue weighted by molar-refractivity contribution is -0.0591. The average Bonchev–Trinajstić information content (AvgIpc) is 2.89. The predicted octanol–water partition coefficient (Wildman–Crippen LogP) is 4.90. The molecule has 3 rings (SSSR count). The van der Waals surface area contributed by atoms with E-state index in [2.05, 4.69) is 10.6 Å². The predicted molar refractivity (Wildman–Crippen MR) is 138 cm³/mol. The van der Waals surface area contributed by atoms with Crippen molar-refractivity contribution in [2.24, 2.45) is 11.8 Å². The fourth-order valence-corrected chi connectivity index (χ4v) is 6.05. The summed E-state index contributed by atoms with van der Waals surface area (Å²) in [6.45, 7) is 1.91. The molecule has 3 N–H and O–H groups in total. The van der Waals surface area contributed by atoms with Gasteiger partial charge in [-0.15, -0.1) is 0 Å². The van der Waals surface area contributed by atoms with Gasteiger partial charge in [-0.3, -0.25) is 0 Å². The number of hydrogen-bond acceptors (Lipinski definition) is 4. The standard InChI is InChI=1S/C28H44F3N3O3/c1-32-18-23(17-20-10-12-22(29)13-11-20)33-27(35)34-15-6-7-21(19-34)28(36,14-3-4-16-37-2)24-8-5-9-25(30)26(24)31/h5,8-9,20-23,32,36H,3-4,6-7,10-19H2,1-2H3,(H,33,35)/t20?,21-,22?,23+,28+/m1/s1. The summed E-state index contributed by atoms with van der Waals surface area (Å²) in [7, 11) is 3.44. The van der Waals surface area contributed by atoms with Crippen molar-refractivity contribution in [3.8, 4) is 0 Å². The number of carbonyl (C=O) groups excluding carboxylic acids is 1. The van der Waals surface area contributed by atoms with E-state index in [9.17, 15) is 23.1 Å². The summed E-state index contributed by atoms with van der Waals surface area (Å²) in [4.78, 5) is 15.0. The number of likely N-dealkylation sites (tertiary alicyclic amines) is 1. The zero-order valence-corrected chi connectivity index (χ0v) is 22.3. The number of halogens is 3. The van der Waals surface area contributed by atoms with E-state index in [0.29, 0.717) is 64.1 Å². The van der Waals surface area contributed by atoms with Crippen LogP contribution in [-0.4, -0.2) is 68.6 Å². The van der Waals surface area contributed by atoms with Crippen LogP contribution in [0.5, 0.6) is 0 Å². The molecule has 0 aromatic heterocycles. The first kappa shape index (κ1) is 29.7. The van der Waals surface area contributed by atoms with Crippen molar-refractivity contribution < 1.29 is 27.8 Å². The molecule has 0 spiro atoms. The summed E-state index contributed by atoms with van der Waals surface area (Å²) in [5.74, 6) is -2.08. The molecule has 0 bridgehead atoms. The summed E-state index contributed by atoms with van der Waals surface area (Å²) in [5.41, 5.74) is -1.65. The molecule has 3 atom stereocenters. The fraction of sp³-hybridized carbons (Fsp3) is 0.750. The molecule has 1 saturated heterocycles. The average molecular weight is 528 g/mol. The van der Waals surface area contributed by atoms with Crippen LogP contribution in [0, 0.1) is 23.5 Å². The van der Waals surface area contributed by atoms with Crippen LogP contribution in [0.3, 0.4) is 0 Å². The normalized spacial score (nSPS) is 24.9. The number of nitrogens with one attached hydrogen (secondary N) is 2. The molecule has 1 aliphatic carbocycles. The third kappa shape index (κ3) is 8.07. The van der Waals surface area contributed by atoms with Gasteiger partial charge in [-0.2, -0.15) is 0 Å². The first-order chi connectivity index (χ1) is 17.8. The van der Waals surface area contributed by atoms with Crippen LogP contribution >= 0.6 is 0 Å². The number of ether oxygens (including phenoxy) is 1. The van der Waals surface area contributed by atoms with E-state index in [0.717, 1.165) is 25.3 Å². The summed E-state index contributed by atoms with van der Waals surface area (Å²) in [6, 6.07) is 3.60. The topological polar surface area (TPSA) is 73.8 Å². The lowest BCUT2D eigenvalue weighted by Gasteiger charge is -2.43. The van der Waals surface area contributed by atoms with Gasteiger partial charge in [-0.1, -0.05) is 12.1 Å². The summed E-state index contributed by atoms with van der Waals surface area (Å²) < 4.78 is 47.7. The maximum Gasteiger partial charge on any atom is 0.317 e. The number of methoxy groups -OCH3 is 1. The number of aliphatic hydroxyl groups is 1. The smallest absolute Gasteiger partial charge is 0.317 e. The van der Waals surface area contributed by atoms with Gasteiger partial charge in [-0.05, 0) is 83.2 Å². The Bertz CT molecular complexity index is 853. The van der Waals surface area contributed by atoms with Crippen LogP contribution in [0.2, 0.25) is 0 Å². The van der Waals surface area contributed by atoms with E-state index >= 15 is 0 Å². The van der Waals surface area contributed by atoms with E-state index in [4.69, 9.17) is 4.74 Å². The highest BCUT2D eigenvalue weighted by atomic mass is 19.2. The number of unbranched alkanes of at least 4 members (excludes halogenated alkanes) is 1. The molecule has 1 aromatic rings. The zero-order chi connectivity index (χ0) is 26.8. The first-order valence-corrected chi connectivity index (χ1v) is 13.8. The Morgan fingerprint density at radius 2 is 1.97 bits per heavy atom. The van der Waals surface area contributed by atoms with E-state index in [-0.39, 0.29) is 30.6 Å².